The molecule has 1 aromatic heterocycles. The van der Waals surface area contributed by atoms with E-state index in [0.29, 0.717) is 17.4 Å². The van der Waals surface area contributed by atoms with Crippen LogP contribution >= 0.6 is 0 Å². The second-order valence-corrected chi connectivity index (χ2v) is 5.87. The number of nitrogen functional groups attached to an aromatic ring is 1. The van der Waals surface area contributed by atoms with Crippen molar-refractivity contribution < 1.29 is 5.11 Å². The minimum Gasteiger partial charge on any atom is -0.393 e. The molecule has 3 aliphatic carbocycles. The summed E-state index contributed by atoms with van der Waals surface area (Å²) >= 11 is 0. The molecule has 1 aromatic rings. The van der Waals surface area contributed by atoms with Gasteiger partial charge in [0, 0.05) is 6.04 Å². The molecule has 0 unspecified atom stereocenters. The van der Waals surface area contributed by atoms with Crippen LogP contribution in [0.3, 0.4) is 0 Å². The first-order valence-corrected chi connectivity index (χ1v) is 7.80. The number of hydrogen-bond acceptors (Lipinski definition) is 5. The summed E-state index contributed by atoms with van der Waals surface area (Å²) in [7, 11) is 0. The van der Waals surface area contributed by atoms with Gasteiger partial charge in [-0.25, -0.2) is 4.98 Å². The molecule has 3 aliphatic rings. The molecule has 4 N–H and O–H groups in total. The van der Waals surface area contributed by atoms with Crippen molar-refractivity contribution in [3.8, 4) is 23.5 Å². The SMILES string of the molecule is C#Cc1cnc(N)nc1NC1CCC(O)CC1.c1cc2cc-2c1. The summed E-state index contributed by atoms with van der Waals surface area (Å²) in [6.07, 6.45) is 10.2. The summed E-state index contributed by atoms with van der Waals surface area (Å²) in [5.41, 5.74) is 9.01. The number of benzene rings is 1. The maximum Gasteiger partial charge on any atom is 0.222 e. The first-order valence-electron chi connectivity index (χ1n) is 7.80. The molecule has 0 aliphatic heterocycles. The van der Waals surface area contributed by atoms with Crippen molar-refractivity contribution >= 4 is 11.8 Å². The quantitative estimate of drug-likeness (QED) is 0.633. The highest BCUT2D eigenvalue weighted by atomic mass is 16.3. The van der Waals surface area contributed by atoms with Crippen molar-refractivity contribution in [3.05, 3.63) is 36.0 Å². The smallest absolute Gasteiger partial charge is 0.222 e. The molecule has 0 radical (unpaired) electrons. The van der Waals surface area contributed by atoms with Crippen LogP contribution in [0, 0.1) is 12.3 Å². The first kappa shape index (κ1) is 15.3. The highest BCUT2D eigenvalue weighted by molar-refractivity contribution is 5.80. The van der Waals surface area contributed by atoms with E-state index >= 15 is 0 Å². The summed E-state index contributed by atoms with van der Waals surface area (Å²) in [5, 5.41) is 12.7. The van der Waals surface area contributed by atoms with Crippen LogP contribution in [0.2, 0.25) is 0 Å². The van der Waals surface area contributed by atoms with Gasteiger partial charge < -0.3 is 16.2 Å². The number of hydrogen-bond donors (Lipinski definition) is 3. The molecule has 0 amide bonds. The Morgan fingerprint density at radius 3 is 2.43 bits per heavy atom. The van der Waals surface area contributed by atoms with Crippen LogP contribution in [0.4, 0.5) is 11.8 Å². The van der Waals surface area contributed by atoms with E-state index in [1.807, 2.05) is 0 Å². The standard InChI is InChI=1S/C12H16N4O.C6H4/c1-2-8-7-14-12(13)16-11(8)15-9-3-5-10(17)6-4-9;1-2-5-4-6(5)3-1/h1,7,9-10,17H,3-6H2,(H3,13,14,15,16);1-4H. The van der Waals surface area contributed by atoms with E-state index in [0.717, 1.165) is 25.7 Å². The van der Waals surface area contributed by atoms with Gasteiger partial charge in [-0.3, -0.25) is 0 Å². The topological polar surface area (TPSA) is 84.1 Å². The number of nitrogens with zero attached hydrogens (tertiary/aromatic N) is 2. The third-order valence-corrected chi connectivity index (χ3v) is 4.11. The van der Waals surface area contributed by atoms with Gasteiger partial charge in [0.25, 0.3) is 0 Å². The number of nitrogens with one attached hydrogen (secondary N) is 1. The highest BCUT2D eigenvalue weighted by Crippen LogP contribution is 2.32. The number of anilines is 2. The van der Waals surface area contributed by atoms with Gasteiger partial charge in [0.2, 0.25) is 5.95 Å². The second kappa shape index (κ2) is 6.67. The van der Waals surface area contributed by atoms with E-state index in [4.69, 9.17) is 12.2 Å². The predicted octanol–water partition coefficient (Wildman–Crippen LogP) is 2.42. The number of aromatic nitrogens is 2. The molecule has 1 fully saturated rings. The van der Waals surface area contributed by atoms with Crippen molar-refractivity contribution in [2.75, 3.05) is 11.1 Å². The minimum atomic E-state index is -0.171. The van der Waals surface area contributed by atoms with Gasteiger partial charge in [-0.15, -0.1) is 6.42 Å². The summed E-state index contributed by atoms with van der Waals surface area (Å²) in [6.45, 7) is 0. The Bertz CT molecular complexity index is 713. The summed E-state index contributed by atoms with van der Waals surface area (Å²) < 4.78 is 0. The molecule has 0 atom stereocenters. The van der Waals surface area contributed by atoms with Crippen molar-refractivity contribution in [2.24, 2.45) is 0 Å². The van der Waals surface area contributed by atoms with E-state index in [9.17, 15) is 5.11 Å². The Morgan fingerprint density at radius 2 is 1.91 bits per heavy atom. The van der Waals surface area contributed by atoms with Gasteiger partial charge in [0.05, 0.1) is 17.9 Å². The molecule has 118 valence electrons. The Balaban J connectivity index is 0.000000213. The van der Waals surface area contributed by atoms with Crippen LogP contribution in [-0.2, 0) is 0 Å². The monoisotopic (exact) mass is 308 g/mol. The number of fused-ring (bicyclic) bond motifs is 1. The molecule has 23 heavy (non-hydrogen) atoms. The molecule has 1 heterocycles. The average molecular weight is 308 g/mol. The van der Waals surface area contributed by atoms with Crippen LogP contribution in [0.5, 0.6) is 0 Å². The first-order chi connectivity index (χ1) is 11.2. The molecule has 5 heteroatoms. The maximum absolute atomic E-state index is 9.43. The maximum atomic E-state index is 9.43. The van der Waals surface area contributed by atoms with Gasteiger partial charge in [0.1, 0.15) is 5.82 Å². The van der Waals surface area contributed by atoms with Crippen LogP contribution in [-0.4, -0.2) is 27.2 Å². The minimum absolute atomic E-state index is 0.171. The summed E-state index contributed by atoms with van der Waals surface area (Å²) in [5.74, 6) is 3.35. The fraction of sp³-hybridized carbons (Fsp3) is 0.333. The van der Waals surface area contributed by atoms with Gasteiger partial charge in [0.15, 0.2) is 0 Å². The Labute approximate surface area is 136 Å². The van der Waals surface area contributed by atoms with E-state index in [2.05, 4.69) is 45.5 Å². The van der Waals surface area contributed by atoms with E-state index < -0.39 is 0 Å². The van der Waals surface area contributed by atoms with Crippen LogP contribution < -0.4 is 11.1 Å². The van der Waals surface area contributed by atoms with Crippen LogP contribution in [0.15, 0.2) is 30.5 Å². The zero-order valence-electron chi connectivity index (χ0n) is 12.9. The molecule has 0 bridgehead atoms. The lowest BCUT2D eigenvalue weighted by Gasteiger charge is -2.26. The molecule has 0 saturated heterocycles. The lowest BCUT2D eigenvalue weighted by Crippen LogP contribution is -2.29. The van der Waals surface area contributed by atoms with Crippen molar-refractivity contribution in [1.29, 1.82) is 0 Å². The fourth-order valence-electron chi connectivity index (χ4n) is 2.70. The van der Waals surface area contributed by atoms with Crippen LogP contribution in [0.1, 0.15) is 31.2 Å². The predicted molar refractivity (Wildman–Crippen MR) is 91.7 cm³/mol. The number of terminal acetylenes is 1. The summed E-state index contributed by atoms with van der Waals surface area (Å²) in [6, 6.07) is 8.77. The van der Waals surface area contributed by atoms with E-state index in [-0.39, 0.29) is 12.1 Å². The third kappa shape index (κ3) is 3.99. The van der Waals surface area contributed by atoms with Gasteiger partial charge in [-0.2, -0.15) is 4.98 Å². The van der Waals surface area contributed by atoms with Gasteiger partial charge in [-0.1, -0.05) is 24.1 Å². The Kier molecular flexibility index (Phi) is 4.45. The van der Waals surface area contributed by atoms with Gasteiger partial charge in [-0.05, 0) is 42.9 Å². The second-order valence-electron chi connectivity index (χ2n) is 5.87. The molecule has 0 spiro atoms. The number of rotatable bonds is 2. The van der Waals surface area contributed by atoms with Crippen LogP contribution in [0.25, 0.3) is 11.1 Å². The molecule has 5 nitrogen and oxygen atoms in total. The molecule has 0 aromatic carbocycles. The largest absolute Gasteiger partial charge is 0.393 e. The number of aliphatic hydroxyl groups is 1. The number of aliphatic hydroxyl groups excluding tert-OH is 1. The van der Waals surface area contributed by atoms with Crippen molar-refractivity contribution in [1.82, 2.24) is 9.97 Å². The Hall–Kier alpha value is -2.58. The van der Waals surface area contributed by atoms with Crippen molar-refractivity contribution in [3.63, 3.8) is 0 Å². The molecular formula is C18H20N4O. The molecular weight excluding hydrogens is 288 g/mol. The number of nitrogens with two attached hydrogens (primary N) is 1. The molecule has 1 saturated carbocycles. The Morgan fingerprint density at radius 1 is 1.22 bits per heavy atom. The fourth-order valence-corrected chi connectivity index (χ4v) is 2.70. The van der Waals surface area contributed by atoms with Gasteiger partial charge >= 0.3 is 0 Å². The lowest BCUT2D eigenvalue weighted by molar-refractivity contribution is 0.126. The lowest BCUT2D eigenvalue weighted by atomic mass is 9.93. The zero-order valence-corrected chi connectivity index (χ0v) is 12.9. The normalized spacial score (nSPS) is 20.7. The van der Waals surface area contributed by atoms with Crippen molar-refractivity contribution in [2.45, 2.75) is 37.8 Å². The van der Waals surface area contributed by atoms with E-state index in [1.54, 1.807) is 6.20 Å². The van der Waals surface area contributed by atoms with E-state index in [1.165, 1.54) is 11.1 Å². The zero-order chi connectivity index (χ0) is 16.2. The average Bonchev–Trinajstić information content (AvgIpc) is 3.16. The highest BCUT2D eigenvalue weighted by Gasteiger charge is 2.20. The summed E-state index contributed by atoms with van der Waals surface area (Å²) in [4.78, 5) is 7.97. The third-order valence-electron chi connectivity index (χ3n) is 4.11. The molecule has 4 rings (SSSR count).